The van der Waals surface area contributed by atoms with Crippen LogP contribution in [0.4, 0.5) is 0 Å². The van der Waals surface area contributed by atoms with E-state index in [9.17, 15) is 19.8 Å². The van der Waals surface area contributed by atoms with Crippen molar-refractivity contribution in [1.29, 1.82) is 0 Å². The van der Waals surface area contributed by atoms with Gasteiger partial charge in [0.1, 0.15) is 6.10 Å². The molecule has 0 aromatic carbocycles. The molecule has 2 unspecified atom stereocenters. The number of aliphatic hydroxyl groups excluding tert-OH is 2. The third-order valence-electron chi connectivity index (χ3n) is 4.88. The molecule has 33 heavy (non-hydrogen) atoms. The molecule has 1 heterocycles. The van der Waals surface area contributed by atoms with Crippen molar-refractivity contribution in [2.75, 3.05) is 20.7 Å². The van der Waals surface area contributed by atoms with Gasteiger partial charge in [-0.1, -0.05) is 63.7 Å². The summed E-state index contributed by atoms with van der Waals surface area (Å²) >= 11 is 1.51. The van der Waals surface area contributed by atoms with E-state index in [4.69, 9.17) is 10.2 Å². The minimum Gasteiger partial charge on any atom is -0.478 e. The van der Waals surface area contributed by atoms with E-state index < -0.39 is 18.0 Å². The maximum absolute atomic E-state index is 10.4. The fourth-order valence-corrected chi connectivity index (χ4v) is 3.84. The quantitative estimate of drug-likeness (QED) is 0.178. The lowest BCUT2D eigenvalue weighted by Gasteiger charge is -2.26. The lowest BCUT2D eigenvalue weighted by Crippen LogP contribution is -2.36. The lowest BCUT2D eigenvalue weighted by atomic mass is 10.1. The van der Waals surface area contributed by atoms with Crippen molar-refractivity contribution in [3.05, 3.63) is 34.0 Å². The molecule has 0 amide bonds. The van der Waals surface area contributed by atoms with E-state index in [2.05, 4.69) is 18.8 Å². The molecular formula is C25H39NO6S. The SMILES string of the molecule is CCCCCCCCCCC#Cc1csc(C(O)C(CO)N(C)C)c1.O=C(O)/C=C\C(=O)O. The maximum atomic E-state index is 10.4. The van der Waals surface area contributed by atoms with Gasteiger partial charge in [-0.2, -0.15) is 0 Å². The van der Waals surface area contributed by atoms with Gasteiger partial charge in [0.25, 0.3) is 0 Å². The van der Waals surface area contributed by atoms with Crippen molar-refractivity contribution in [3.63, 3.8) is 0 Å². The Morgan fingerprint density at radius 3 is 2.06 bits per heavy atom. The van der Waals surface area contributed by atoms with Crippen LogP contribution >= 0.6 is 11.3 Å². The summed E-state index contributed by atoms with van der Waals surface area (Å²) in [5, 5.41) is 37.4. The minimum absolute atomic E-state index is 0.0640. The van der Waals surface area contributed by atoms with E-state index in [1.54, 1.807) is 0 Å². The second-order valence-electron chi connectivity index (χ2n) is 7.93. The summed E-state index contributed by atoms with van der Waals surface area (Å²) in [5.41, 5.74) is 0.967. The Kier molecular flexibility index (Phi) is 18.0. The maximum Gasteiger partial charge on any atom is 0.328 e. The van der Waals surface area contributed by atoms with Gasteiger partial charge in [0.2, 0.25) is 0 Å². The summed E-state index contributed by atoms with van der Waals surface area (Å²) in [7, 11) is 3.73. The molecule has 1 aromatic heterocycles. The first-order valence-corrected chi connectivity index (χ1v) is 12.3. The Morgan fingerprint density at radius 2 is 1.58 bits per heavy atom. The molecule has 0 spiro atoms. The van der Waals surface area contributed by atoms with E-state index in [1.807, 2.05) is 30.4 Å². The lowest BCUT2D eigenvalue weighted by molar-refractivity contribution is -0.134. The number of nitrogens with zero attached hydrogens (tertiary/aromatic N) is 1. The second kappa shape index (κ2) is 19.3. The van der Waals surface area contributed by atoms with Crippen molar-refractivity contribution < 1.29 is 30.0 Å². The summed E-state index contributed by atoms with van der Waals surface area (Å²) in [6, 6.07) is 1.67. The summed E-state index contributed by atoms with van der Waals surface area (Å²) < 4.78 is 0. The smallest absolute Gasteiger partial charge is 0.328 e. The van der Waals surface area contributed by atoms with Gasteiger partial charge in [0.15, 0.2) is 0 Å². The zero-order chi connectivity index (χ0) is 25.1. The van der Waals surface area contributed by atoms with E-state index in [-0.39, 0.29) is 12.6 Å². The van der Waals surface area contributed by atoms with Crippen LogP contribution in [0.2, 0.25) is 0 Å². The average Bonchev–Trinajstić information content (AvgIpc) is 3.23. The molecule has 2 atom stereocenters. The monoisotopic (exact) mass is 481 g/mol. The normalized spacial score (nSPS) is 12.5. The fourth-order valence-electron chi connectivity index (χ4n) is 2.96. The molecule has 4 N–H and O–H groups in total. The van der Waals surface area contributed by atoms with Crippen LogP contribution < -0.4 is 0 Å². The van der Waals surface area contributed by atoms with Gasteiger partial charge in [-0.25, -0.2) is 9.59 Å². The molecule has 0 aliphatic carbocycles. The number of hydrogen-bond acceptors (Lipinski definition) is 6. The van der Waals surface area contributed by atoms with Gasteiger partial charge in [-0.3, -0.25) is 0 Å². The molecule has 1 rings (SSSR count). The van der Waals surface area contributed by atoms with Crippen LogP contribution in [0.25, 0.3) is 0 Å². The number of unbranched alkanes of at least 4 members (excludes halogenated alkanes) is 8. The average molecular weight is 482 g/mol. The summed E-state index contributed by atoms with van der Waals surface area (Å²) in [4.78, 5) is 21.8. The van der Waals surface area contributed by atoms with Crippen LogP contribution in [0.5, 0.6) is 0 Å². The fraction of sp³-hybridized carbons (Fsp3) is 0.600. The largest absolute Gasteiger partial charge is 0.478 e. The number of hydrogen-bond donors (Lipinski definition) is 4. The summed E-state index contributed by atoms with van der Waals surface area (Å²) in [6.07, 6.45) is 12.0. The van der Waals surface area contributed by atoms with Crippen LogP contribution in [0.3, 0.4) is 0 Å². The van der Waals surface area contributed by atoms with Crippen molar-refractivity contribution in [2.45, 2.75) is 76.9 Å². The van der Waals surface area contributed by atoms with Crippen molar-refractivity contribution >= 4 is 23.3 Å². The Hall–Kier alpha value is -2.18. The molecule has 0 saturated carbocycles. The first-order valence-electron chi connectivity index (χ1n) is 11.4. The third-order valence-corrected chi connectivity index (χ3v) is 5.89. The molecule has 1 aromatic rings. The molecule has 0 aliphatic rings. The standard InChI is InChI=1S/C21H35NO2S.C4H4O4/c1-4-5-6-7-8-9-10-11-12-13-14-18-15-20(25-17-18)21(24)19(16-23)22(2)3;5-3(6)1-2-4(7)8/h15,17,19,21,23-24H,4-12,16H2,1-3H3;1-2H,(H,5,6)(H,7,8)/b;2-1-. The Balaban J connectivity index is 0.00000109. The van der Waals surface area contributed by atoms with Crippen LogP contribution in [0, 0.1) is 11.8 Å². The number of aliphatic carboxylic acids is 2. The second-order valence-corrected chi connectivity index (χ2v) is 8.88. The number of carboxylic acid groups (broad SMARTS) is 2. The number of carboxylic acids is 2. The molecule has 0 saturated heterocycles. The number of thiophene rings is 1. The molecular weight excluding hydrogens is 442 g/mol. The molecule has 186 valence electrons. The van der Waals surface area contributed by atoms with Crippen molar-refractivity contribution in [3.8, 4) is 11.8 Å². The molecule has 0 fully saturated rings. The van der Waals surface area contributed by atoms with Crippen LogP contribution in [-0.2, 0) is 9.59 Å². The Morgan fingerprint density at radius 1 is 1.03 bits per heavy atom. The molecule has 7 nitrogen and oxygen atoms in total. The van der Waals surface area contributed by atoms with Gasteiger partial charge in [0, 0.05) is 34.4 Å². The highest BCUT2D eigenvalue weighted by molar-refractivity contribution is 7.10. The molecule has 0 radical (unpaired) electrons. The first-order chi connectivity index (χ1) is 15.7. The Bertz CT molecular complexity index is 746. The third kappa shape index (κ3) is 16.1. The highest BCUT2D eigenvalue weighted by Gasteiger charge is 2.23. The van der Waals surface area contributed by atoms with Crippen LogP contribution in [0.1, 0.15) is 81.3 Å². The van der Waals surface area contributed by atoms with Crippen molar-refractivity contribution in [1.82, 2.24) is 4.90 Å². The van der Waals surface area contributed by atoms with Gasteiger partial charge >= 0.3 is 11.9 Å². The van der Waals surface area contributed by atoms with Gasteiger partial charge in [-0.15, -0.1) is 11.3 Å². The molecule has 0 bridgehead atoms. The van der Waals surface area contributed by atoms with Crippen LogP contribution in [-0.4, -0.2) is 64.0 Å². The molecule has 0 aliphatic heterocycles. The summed E-state index contributed by atoms with van der Waals surface area (Å²) in [6.45, 7) is 2.19. The van der Waals surface area contributed by atoms with Gasteiger partial charge in [0.05, 0.1) is 12.6 Å². The minimum atomic E-state index is -1.26. The number of rotatable bonds is 14. The van der Waals surface area contributed by atoms with E-state index >= 15 is 0 Å². The van der Waals surface area contributed by atoms with E-state index in [1.165, 1.54) is 62.7 Å². The first kappa shape index (κ1) is 30.8. The number of likely N-dealkylation sites (N-methyl/N-ethyl adjacent to an activating group) is 1. The molecule has 8 heteroatoms. The topological polar surface area (TPSA) is 118 Å². The van der Waals surface area contributed by atoms with Crippen molar-refractivity contribution in [2.24, 2.45) is 0 Å². The summed E-state index contributed by atoms with van der Waals surface area (Å²) in [5.74, 6) is 3.93. The zero-order valence-corrected chi connectivity index (χ0v) is 20.8. The van der Waals surface area contributed by atoms with Crippen LogP contribution in [0.15, 0.2) is 23.6 Å². The van der Waals surface area contributed by atoms with Gasteiger partial charge < -0.3 is 25.3 Å². The number of aliphatic hydroxyl groups is 2. The predicted octanol–water partition coefficient (Wildman–Crippen LogP) is 4.30. The highest BCUT2D eigenvalue weighted by Crippen LogP contribution is 2.26. The van der Waals surface area contributed by atoms with E-state index in [0.717, 1.165) is 16.9 Å². The van der Waals surface area contributed by atoms with E-state index in [0.29, 0.717) is 12.2 Å². The number of carbonyl (C=O) groups is 2. The predicted molar refractivity (Wildman–Crippen MR) is 132 cm³/mol. The van der Waals surface area contributed by atoms with Gasteiger partial charge in [-0.05, 0) is 26.6 Å². The highest BCUT2D eigenvalue weighted by atomic mass is 32.1. The zero-order valence-electron chi connectivity index (χ0n) is 20.0. The Labute approximate surface area is 201 Å².